The fourth-order valence-corrected chi connectivity index (χ4v) is 4.56. The van der Waals surface area contributed by atoms with Crippen LogP contribution in [-0.4, -0.2) is 51.9 Å². The molecule has 0 unspecified atom stereocenters. The predicted octanol–water partition coefficient (Wildman–Crippen LogP) is 1.84. The molecule has 0 saturated carbocycles. The molecule has 166 valence electrons. The van der Waals surface area contributed by atoms with Crippen molar-refractivity contribution in [2.45, 2.75) is 26.4 Å². The molecule has 0 spiro atoms. The van der Waals surface area contributed by atoms with Gasteiger partial charge in [0.05, 0.1) is 22.8 Å². The molecule has 1 amide bonds. The number of fused-ring (bicyclic) bond motifs is 2. The maximum Gasteiger partial charge on any atom is 0.269 e. The number of piperazine rings is 1. The second kappa shape index (κ2) is 7.83. The highest BCUT2D eigenvalue weighted by Crippen LogP contribution is 2.44. The highest BCUT2D eigenvalue weighted by molar-refractivity contribution is 5.92. The Balaban J connectivity index is 1.36. The van der Waals surface area contributed by atoms with E-state index in [0.717, 1.165) is 28.8 Å². The van der Waals surface area contributed by atoms with E-state index in [4.69, 9.17) is 0 Å². The molecule has 33 heavy (non-hydrogen) atoms. The molecule has 2 N–H and O–H groups in total. The molecule has 2 aliphatic rings. The summed E-state index contributed by atoms with van der Waals surface area (Å²) < 4.78 is 0. The molecule has 4 heterocycles. The number of hydrogen-bond acceptors (Lipinski definition) is 7. The van der Waals surface area contributed by atoms with Gasteiger partial charge in [-0.2, -0.15) is 5.26 Å². The van der Waals surface area contributed by atoms with Crippen molar-refractivity contribution in [1.82, 2.24) is 25.2 Å². The van der Waals surface area contributed by atoms with Gasteiger partial charge >= 0.3 is 0 Å². The molecule has 0 radical (unpaired) electrons. The first-order valence-corrected chi connectivity index (χ1v) is 10.7. The van der Waals surface area contributed by atoms with Gasteiger partial charge in [0.1, 0.15) is 11.8 Å². The average molecular weight is 441 g/mol. The molecule has 0 aromatic carbocycles. The van der Waals surface area contributed by atoms with Gasteiger partial charge in [0.25, 0.3) is 11.5 Å². The SMILES string of the molecule is CNC(=O)c1ccc(N2CCN(Cc3cnc4cc(C)c(=O)[nH]c4c3)[C@H]3C(C)=C32)c(C#N)n1. The third kappa shape index (κ3) is 3.54. The maximum atomic E-state index is 12.0. The van der Waals surface area contributed by atoms with E-state index in [1.807, 2.05) is 12.3 Å². The van der Waals surface area contributed by atoms with Crippen molar-refractivity contribution in [3.8, 4) is 6.07 Å². The molecule has 0 bridgehead atoms. The number of H-pyrrole nitrogens is 1. The van der Waals surface area contributed by atoms with Gasteiger partial charge in [0.2, 0.25) is 0 Å². The fraction of sp³-hybridized carbons (Fsp3) is 0.292. The summed E-state index contributed by atoms with van der Waals surface area (Å²) in [4.78, 5) is 40.1. The van der Waals surface area contributed by atoms with Gasteiger partial charge in [-0.1, -0.05) is 0 Å². The summed E-state index contributed by atoms with van der Waals surface area (Å²) in [5, 5.41) is 12.2. The van der Waals surface area contributed by atoms with E-state index >= 15 is 0 Å². The second-order valence-electron chi connectivity index (χ2n) is 8.41. The third-order valence-corrected chi connectivity index (χ3v) is 6.31. The van der Waals surface area contributed by atoms with Crippen LogP contribution < -0.4 is 15.8 Å². The Bertz CT molecular complexity index is 1430. The van der Waals surface area contributed by atoms with Crippen LogP contribution in [0.1, 0.15) is 34.2 Å². The molecule has 1 fully saturated rings. The van der Waals surface area contributed by atoms with Gasteiger partial charge in [-0.3, -0.25) is 19.5 Å². The highest BCUT2D eigenvalue weighted by atomic mass is 16.1. The first kappa shape index (κ1) is 20.8. The standard InChI is InChI=1S/C24H23N7O2/c1-13-8-17-18(29-23(13)32)9-15(11-27-17)12-30-6-7-31(22-14(2)21(22)30)20-5-4-16(24(33)26-3)28-19(20)10-25/h4-5,8-9,11,21H,6-7,12H2,1-3H3,(H,26,33)(H,29,32)/t21-/m0/s1. The molecule has 5 rings (SSSR count). The highest BCUT2D eigenvalue weighted by Gasteiger charge is 2.46. The number of pyridine rings is 3. The lowest BCUT2D eigenvalue weighted by Crippen LogP contribution is -2.43. The maximum absolute atomic E-state index is 12.0. The lowest BCUT2D eigenvalue weighted by atomic mass is 10.1. The van der Waals surface area contributed by atoms with Crippen LogP contribution in [0.4, 0.5) is 5.69 Å². The minimum absolute atomic E-state index is 0.0959. The zero-order valence-electron chi connectivity index (χ0n) is 18.6. The molecule has 1 aliphatic carbocycles. The average Bonchev–Trinajstić information content (AvgIpc) is 3.51. The van der Waals surface area contributed by atoms with E-state index in [0.29, 0.717) is 18.7 Å². The lowest BCUT2D eigenvalue weighted by molar-refractivity contribution is 0.0958. The van der Waals surface area contributed by atoms with E-state index in [1.165, 1.54) is 18.3 Å². The second-order valence-corrected chi connectivity index (χ2v) is 8.41. The molecule has 1 aliphatic heterocycles. The molecular formula is C24H23N7O2. The molecule has 3 aromatic rings. The Morgan fingerprint density at radius 1 is 1.30 bits per heavy atom. The van der Waals surface area contributed by atoms with Gasteiger partial charge in [-0.25, -0.2) is 4.98 Å². The minimum Gasteiger partial charge on any atom is -0.354 e. The summed E-state index contributed by atoms with van der Waals surface area (Å²) in [6, 6.07) is 9.57. The topological polar surface area (TPSA) is 118 Å². The van der Waals surface area contributed by atoms with Crippen LogP contribution in [0, 0.1) is 18.3 Å². The van der Waals surface area contributed by atoms with Crippen molar-refractivity contribution < 1.29 is 4.79 Å². The van der Waals surface area contributed by atoms with Gasteiger partial charge in [-0.15, -0.1) is 0 Å². The van der Waals surface area contributed by atoms with Crippen LogP contribution in [0.3, 0.4) is 0 Å². The monoisotopic (exact) mass is 441 g/mol. The van der Waals surface area contributed by atoms with Crippen molar-refractivity contribution in [1.29, 1.82) is 5.26 Å². The Morgan fingerprint density at radius 2 is 2.12 bits per heavy atom. The van der Waals surface area contributed by atoms with Crippen molar-refractivity contribution in [3.63, 3.8) is 0 Å². The number of rotatable bonds is 4. The zero-order valence-corrected chi connectivity index (χ0v) is 18.6. The number of nitrogens with zero attached hydrogens (tertiary/aromatic N) is 5. The van der Waals surface area contributed by atoms with E-state index in [9.17, 15) is 14.9 Å². The molecular weight excluding hydrogens is 418 g/mol. The Morgan fingerprint density at radius 3 is 2.88 bits per heavy atom. The minimum atomic E-state index is -0.317. The van der Waals surface area contributed by atoms with E-state index in [-0.39, 0.29) is 28.9 Å². The third-order valence-electron chi connectivity index (χ3n) is 6.31. The predicted molar refractivity (Wildman–Crippen MR) is 124 cm³/mol. The van der Waals surface area contributed by atoms with Gasteiger partial charge < -0.3 is 15.2 Å². The number of aryl methyl sites for hydroxylation is 1. The van der Waals surface area contributed by atoms with Crippen LogP contribution in [-0.2, 0) is 6.54 Å². The largest absolute Gasteiger partial charge is 0.354 e. The van der Waals surface area contributed by atoms with Crippen LogP contribution >= 0.6 is 0 Å². The smallest absolute Gasteiger partial charge is 0.269 e. The van der Waals surface area contributed by atoms with E-state index in [1.54, 1.807) is 25.1 Å². The fourth-order valence-electron chi connectivity index (χ4n) is 4.56. The number of carbonyl (C=O) groups is 1. The summed E-state index contributed by atoms with van der Waals surface area (Å²) >= 11 is 0. The van der Waals surface area contributed by atoms with Gasteiger partial charge in [-0.05, 0) is 49.2 Å². The molecule has 9 heteroatoms. The number of aromatic amines is 1. The van der Waals surface area contributed by atoms with Gasteiger partial charge in [0, 0.05) is 44.1 Å². The number of anilines is 1. The summed E-state index contributed by atoms with van der Waals surface area (Å²) in [6.07, 6.45) is 1.86. The van der Waals surface area contributed by atoms with E-state index in [2.05, 4.69) is 43.1 Å². The Labute approximate surface area is 190 Å². The number of hydrogen-bond donors (Lipinski definition) is 2. The summed E-state index contributed by atoms with van der Waals surface area (Å²) in [5.74, 6) is -0.317. The van der Waals surface area contributed by atoms with Crippen LogP contribution in [0.25, 0.3) is 11.0 Å². The first-order chi connectivity index (χ1) is 15.9. The molecule has 1 saturated heterocycles. The van der Waals surface area contributed by atoms with Crippen molar-refractivity contribution >= 4 is 22.6 Å². The zero-order chi connectivity index (χ0) is 23.3. The quantitative estimate of drug-likeness (QED) is 0.634. The Kier molecular flexibility index (Phi) is 4.95. The summed E-state index contributed by atoms with van der Waals surface area (Å²) in [7, 11) is 1.54. The molecule has 1 atom stereocenters. The van der Waals surface area contributed by atoms with Crippen LogP contribution in [0.2, 0.25) is 0 Å². The van der Waals surface area contributed by atoms with E-state index < -0.39 is 0 Å². The van der Waals surface area contributed by atoms with Gasteiger partial charge in [0.15, 0.2) is 5.69 Å². The molecule has 9 nitrogen and oxygen atoms in total. The normalized spacial score (nSPS) is 17.6. The van der Waals surface area contributed by atoms with Crippen molar-refractivity contribution in [2.75, 3.05) is 25.0 Å². The number of nitriles is 1. The first-order valence-electron chi connectivity index (χ1n) is 10.7. The number of carbonyl (C=O) groups excluding carboxylic acids is 1. The summed E-state index contributed by atoms with van der Waals surface area (Å²) in [5.41, 5.74) is 6.72. The molecule has 3 aromatic heterocycles. The Hall–Kier alpha value is -4.03. The van der Waals surface area contributed by atoms with Crippen LogP contribution in [0.5, 0.6) is 0 Å². The lowest BCUT2D eigenvalue weighted by Gasteiger charge is -2.35. The summed E-state index contributed by atoms with van der Waals surface area (Å²) in [6.45, 7) is 6.07. The number of aromatic nitrogens is 3. The van der Waals surface area contributed by atoms with Crippen molar-refractivity contribution in [2.24, 2.45) is 0 Å². The van der Waals surface area contributed by atoms with Crippen LogP contribution in [0.15, 0.2) is 46.5 Å². The number of nitrogens with one attached hydrogen (secondary N) is 2. The number of amides is 1. The van der Waals surface area contributed by atoms with Crippen molar-refractivity contribution in [3.05, 3.63) is 74.6 Å².